The van der Waals surface area contributed by atoms with Crippen molar-refractivity contribution >= 4 is 34.9 Å². The van der Waals surface area contributed by atoms with Gasteiger partial charge in [-0.25, -0.2) is 4.68 Å². The van der Waals surface area contributed by atoms with Gasteiger partial charge in [0.15, 0.2) is 11.6 Å². The summed E-state index contributed by atoms with van der Waals surface area (Å²) in [5.41, 5.74) is 3.08. The zero-order chi connectivity index (χ0) is 21.0. The predicted molar refractivity (Wildman–Crippen MR) is 117 cm³/mol. The van der Waals surface area contributed by atoms with Crippen molar-refractivity contribution in [2.45, 2.75) is 32.7 Å². The third kappa shape index (κ3) is 3.20. The fourth-order valence-electron chi connectivity index (χ4n) is 4.24. The molecule has 0 bridgehead atoms. The molecule has 1 aromatic carbocycles. The molecule has 1 aliphatic heterocycles. The monoisotopic (exact) mass is 439 g/mol. The normalized spacial score (nSPS) is 19.9. The Hall–Kier alpha value is -2.70. The van der Waals surface area contributed by atoms with Crippen LogP contribution in [0.5, 0.6) is 0 Å². The summed E-state index contributed by atoms with van der Waals surface area (Å²) >= 11 is 12.4. The van der Waals surface area contributed by atoms with Gasteiger partial charge >= 0.3 is 0 Å². The fourth-order valence-corrected chi connectivity index (χ4v) is 4.73. The van der Waals surface area contributed by atoms with Crippen LogP contribution in [-0.4, -0.2) is 25.5 Å². The Morgan fingerprint density at radius 2 is 2.03 bits per heavy atom. The Balaban J connectivity index is 1.68. The van der Waals surface area contributed by atoms with Crippen LogP contribution < -0.4 is 5.32 Å². The number of rotatable bonds is 2. The van der Waals surface area contributed by atoms with E-state index in [0.717, 1.165) is 23.3 Å². The molecule has 0 spiro atoms. The zero-order valence-electron chi connectivity index (χ0n) is 16.5. The quantitative estimate of drug-likeness (QED) is 0.585. The van der Waals surface area contributed by atoms with Gasteiger partial charge in [-0.2, -0.15) is 4.98 Å². The number of nitrogens with one attached hydrogen (secondary N) is 1. The van der Waals surface area contributed by atoms with Crippen molar-refractivity contribution in [2.75, 3.05) is 5.32 Å². The minimum absolute atomic E-state index is 0.118. The Labute approximate surface area is 183 Å². The second-order valence-electron chi connectivity index (χ2n) is 8.47. The molecule has 0 saturated carbocycles. The number of ketones is 1. The molecule has 5 rings (SSSR count). The second kappa shape index (κ2) is 6.93. The van der Waals surface area contributed by atoms with Crippen LogP contribution in [0.15, 0.2) is 54.0 Å². The van der Waals surface area contributed by atoms with E-state index in [4.69, 9.17) is 33.3 Å². The number of halogens is 2. The first-order valence-electron chi connectivity index (χ1n) is 9.67. The molecule has 0 fully saturated rings. The molecule has 8 heteroatoms. The Kier molecular flexibility index (Phi) is 4.45. The number of benzene rings is 1. The van der Waals surface area contributed by atoms with Crippen molar-refractivity contribution in [1.82, 2.24) is 19.7 Å². The maximum atomic E-state index is 13.2. The van der Waals surface area contributed by atoms with E-state index in [1.54, 1.807) is 35.3 Å². The summed E-state index contributed by atoms with van der Waals surface area (Å²) in [5.74, 6) is 1.17. The summed E-state index contributed by atoms with van der Waals surface area (Å²) in [4.78, 5) is 22.2. The number of Topliss-reactive ketones (excluding diaryl/α,β-unsaturated/α-hetero) is 1. The molecule has 152 valence electrons. The van der Waals surface area contributed by atoms with E-state index < -0.39 is 0 Å². The molecule has 3 aromatic rings. The number of hydrogen-bond donors (Lipinski definition) is 1. The number of hydrogen-bond acceptors (Lipinski definition) is 5. The molecule has 0 amide bonds. The number of anilines is 1. The lowest BCUT2D eigenvalue weighted by molar-refractivity contribution is -0.118. The van der Waals surface area contributed by atoms with Crippen LogP contribution in [0.1, 0.15) is 38.3 Å². The lowest BCUT2D eigenvalue weighted by Gasteiger charge is -2.38. The second-order valence-corrected chi connectivity index (χ2v) is 9.32. The van der Waals surface area contributed by atoms with Crippen molar-refractivity contribution in [3.63, 3.8) is 0 Å². The smallest absolute Gasteiger partial charge is 0.226 e. The molecular formula is C22H19Cl2N5O. The largest absolute Gasteiger partial charge is 0.328 e. The van der Waals surface area contributed by atoms with Crippen LogP contribution in [0, 0.1) is 5.41 Å². The van der Waals surface area contributed by atoms with Gasteiger partial charge in [-0.05, 0) is 41.7 Å². The van der Waals surface area contributed by atoms with E-state index in [0.29, 0.717) is 33.8 Å². The average Bonchev–Trinajstić information content (AvgIpc) is 3.09. The third-order valence-corrected chi connectivity index (χ3v) is 6.05. The number of pyridine rings is 1. The highest BCUT2D eigenvalue weighted by Crippen LogP contribution is 2.45. The molecule has 0 radical (unpaired) electrons. The van der Waals surface area contributed by atoms with Gasteiger partial charge in [0.25, 0.3) is 0 Å². The van der Waals surface area contributed by atoms with Gasteiger partial charge in [0, 0.05) is 40.7 Å². The molecule has 3 heterocycles. The summed E-state index contributed by atoms with van der Waals surface area (Å²) in [6.07, 6.45) is 4.74. The summed E-state index contributed by atoms with van der Waals surface area (Å²) in [6, 6.07) is 8.65. The molecule has 2 aromatic heterocycles. The van der Waals surface area contributed by atoms with E-state index in [1.165, 1.54) is 0 Å². The first-order valence-corrected chi connectivity index (χ1v) is 10.4. The molecule has 0 saturated heterocycles. The first-order chi connectivity index (χ1) is 14.3. The molecule has 1 unspecified atom stereocenters. The van der Waals surface area contributed by atoms with Gasteiger partial charge in [0.1, 0.15) is 6.04 Å². The van der Waals surface area contributed by atoms with E-state index in [9.17, 15) is 4.79 Å². The highest BCUT2D eigenvalue weighted by Gasteiger charge is 2.42. The van der Waals surface area contributed by atoms with Crippen LogP contribution in [0.2, 0.25) is 10.0 Å². The Morgan fingerprint density at radius 3 is 2.77 bits per heavy atom. The first kappa shape index (κ1) is 19.3. The van der Waals surface area contributed by atoms with Crippen molar-refractivity contribution in [1.29, 1.82) is 0 Å². The highest BCUT2D eigenvalue weighted by molar-refractivity contribution is 6.36. The standard InChI is InChI=1S/C22H19Cl2N5O/c1-22(2)9-16-18(17(30)10-22)19(12-4-3-7-25-11-12)29-21(26-16)27-20(28-29)14-6-5-13(23)8-15(14)24/h3-8,11,19H,9-10H2,1-2H3,(H,26,27,28). The third-order valence-electron chi connectivity index (χ3n) is 5.50. The Morgan fingerprint density at radius 1 is 1.20 bits per heavy atom. The van der Waals surface area contributed by atoms with Crippen molar-refractivity contribution < 1.29 is 4.79 Å². The lowest BCUT2D eigenvalue weighted by Crippen LogP contribution is -2.36. The van der Waals surface area contributed by atoms with Gasteiger partial charge < -0.3 is 5.32 Å². The number of aromatic nitrogens is 4. The van der Waals surface area contributed by atoms with Gasteiger partial charge in [-0.1, -0.05) is 43.1 Å². The van der Waals surface area contributed by atoms with Gasteiger partial charge in [0.2, 0.25) is 5.95 Å². The predicted octanol–water partition coefficient (Wildman–Crippen LogP) is 5.31. The molecule has 30 heavy (non-hydrogen) atoms. The van der Waals surface area contributed by atoms with E-state index >= 15 is 0 Å². The zero-order valence-corrected chi connectivity index (χ0v) is 18.0. The van der Waals surface area contributed by atoms with Gasteiger partial charge in [0.05, 0.1) is 5.02 Å². The van der Waals surface area contributed by atoms with Gasteiger partial charge in [-0.15, -0.1) is 5.10 Å². The topological polar surface area (TPSA) is 72.7 Å². The molecule has 6 nitrogen and oxygen atoms in total. The maximum Gasteiger partial charge on any atom is 0.226 e. The van der Waals surface area contributed by atoms with Crippen LogP contribution in [-0.2, 0) is 4.79 Å². The number of fused-ring (bicyclic) bond motifs is 1. The number of allylic oxidation sites excluding steroid dienone is 2. The van der Waals surface area contributed by atoms with Crippen LogP contribution in [0.4, 0.5) is 5.95 Å². The summed E-state index contributed by atoms with van der Waals surface area (Å²) in [7, 11) is 0. The summed E-state index contributed by atoms with van der Waals surface area (Å²) < 4.78 is 1.76. The summed E-state index contributed by atoms with van der Waals surface area (Å²) in [6.45, 7) is 4.21. The molecule has 1 atom stereocenters. The van der Waals surface area contributed by atoms with E-state index in [-0.39, 0.29) is 17.2 Å². The van der Waals surface area contributed by atoms with Crippen molar-refractivity contribution in [3.05, 3.63) is 69.6 Å². The molecule has 1 aliphatic carbocycles. The number of carbonyl (C=O) groups excluding carboxylic acids is 1. The Bertz CT molecular complexity index is 1200. The lowest BCUT2D eigenvalue weighted by atomic mass is 9.73. The minimum Gasteiger partial charge on any atom is -0.328 e. The van der Waals surface area contributed by atoms with Crippen LogP contribution in [0.25, 0.3) is 11.4 Å². The molecule has 1 N–H and O–H groups in total. The average molecular weight is 440 g/mol. The van der Waals surface area contributed by atoms with Crippen molar-refractivity contribution in [2.24, 2.45) is 5.41 Å². The molecular weight excluding hydrogens is 421 g/mol. The van der Waals surface area contributed by atoms with E-state index in [2.05, 4.69) is 24.1 Å². The molecule has 2 aliphatic rings. The maximum absolute atomic E-state index is 13.2. The minimum atomic E-state index is -0.388. The number of nitrogens with zero attached hydrogens (tertiary/aromatic N) is 4. The van der Waals surface area contributed by atoms with Gasteiger partial charge in [-0.3, -0.25) is 9.78 Å². The SMILES string of the molecule is CC1(C)CC(=O)C2=C(C1)Nc1nc(-c3ccc(Cl)cc3Cl)nn1C2c1cccnc1. The van der Waals surface area contributed by atoms with Crippen molar-refractivity contribution in [3.8, 4) is 11.4 Å². The van der Waals surface area contributed by atoms with Crippen LogP contribution >= 0.6 is 23.2 Å². The van der Waals surface area contributed by atoms with E-state index in [1.807, 2.05) is 12.1 Å². The highest BCUT2D eigenvalue weighted by atomic mass is 35.5. The van der Waals surface area contributed by atoms with Crippen LogP contribution in [0.3, 0.4) is 0 Å². The number of carbonyl (C=O) groups is 1. The fraction of sp³-hybridized carbons (Fsp3) is 0.273. The summed E-state index contributed by atoms with van der Waals surface area (Å²) in [5, 5.41) is 9.11.